The third-order valence-corrected chi connectivity index (χ3v) is 3.55. The van der Waals surface area contributed by atoms with Gasteiger partial charge in [0.1, 0.15) is 5.82 Å². The summed E-state index contributed by atoms with van der Waals surface area (Å²) in [5.74, 6) is 0.842. The maximum atomic E-state index is 12.0. The van der Waals surface area contributed by atoms with Crippen LogP contribution in [0.4, 0.5) is 5.82 Å². The van der Waals surface area contributed by atoms with Crippen LogP contribution >= 0.6 is 31.9 Å². The van der Waals surface area contributed by atoms with E-state index in [9.17, 15) is 4.79 Å². The van der Waals surface area contributed by atoms with E-state index in [1.165, 1.54) is 0 Å². The maximum absolute atomic E-state index is 12.0. The van der Waals surface area contributed by atoms with Gasteiger partial charge < -0.3 is 9.88 Å². The molecule has 0 saturated heterocycles. The van der Waals surface area contributed by atoms with Crippen molar-refractivity contribution in [1.29, 1.82) is 0 Å². The van der Waals surface area contributed by atoms with E-state index in [-0.39, 0.29) is 5.56 Å². The van der Waals surface area contributed by atoms with Crippen LogP contribution in [-0.4, -0.2) is 16.1 Å². The predicted octanol–water partition coefficient (Wildman–Crippen LogP) is 3.25. The Balaban J connectivity index is 2.24. The standard InChI is InChI=1S/C13H13Br2N3O/c1-2-16-12-4-3-9(6-17-12)7-18-8-10(14)5-11(15)13(18)19/h3-6,8H,2,7H2,1H3,(H,16,17). The largest absolute Gasteiger partial charge is 0.370 e. The highest BCUT2D eigenvalue weighted by molar-refractivity contribution is 9.11. The molecule has 100 valence electrons. The molecule has 0 aliphatic rings. The number of anilines is 1. The molecule has 0 radical (unpaired) electrons. The summed E-state index contributed by atoms with van der Waals surface area (Å²) < 4.78 is 3.04. The smallest absolute Gasteiger partial charge is 0.265 e. The summed E-state index contributed by atoms with van der Waals surface area (Å²) in [7, 11) is 0. The minimum atomic E-state index is -0.0565. The molecular weight excluding hydrogens is 374 g/mol. The number of hydrogen-bond donors (Lipinski definition) is 1. The van der Waals surface area contributed by atoms with E-state index in [1.807, 2.05) is 19.1 Å². The highest BCUT2D eigenvalue weighted by Crippen LogP contribution is 2.14. The van der Waals surface area contributed by atoms with Crippen molar-refractivity contribution in [3.63, 3.8) is 0 Å². The zero-order valence-corrected chi connectivity index (χ0v) is 13.5. The van der Waals surface area contributed by atoms with E-state index in [0.29, 0.717) is 11.0 Å². The summed E-state index contributed by atoms with van der Waals surface area (Å²) in [5.41, 5.74) is 0.924. The number of rotatable bonds is 4. The molecule has 0 aliphatic carbocycles. The molecule has 2 aromatic heterocycles. The molecule has 19 heavy (non-hydrogen) atoms. The summed E-state index contributed by atoms with van der Waals surface area (Å²) >= 11 is 6.63. The van der Waals surface area contributed by atoms with Gasteiger partial charge in [0.25, 0.3) is 5.56 Å². The fourth-order valence-corrected chi connectivity index (χ4v) is 2.94. The normalized spacial score (nSPS) is 10.5. The number of nitrogens with one attached hydrogen (secondary N) is 1. The Morgan fingerprint density at radius 1 is 1.37 bits per heavy atom. The number of pyridine rings is 2. The molecule has 2 aromatic rings. The topological polar surface area (TPSA) is 46.9 Å². The molecule has 2 rings (SSSR count). The Bertz CT molecular complexity index is 623. The van der Waals surface area contributed by atoms with Crippen molar-refractivity contribution in [3.05, 3.63) is 55.5 Å². The van der Waals surface area contributed by atoms with Crippen molar-refractivity contribution >= 4 is 37.7 Å². The second-order valence-corrected chi connectivity index (χ2v) is 5.79. The van der Waals surface area contributed by atoms with Gasteiger partial charge in [-0.15, -0.1) is 0 Å². The van der Waals surface area contributed by atoms with Gasteiger partial charge in [-0.25, -0.2) is 4.98 Å². The molecule has 0 amide bonds. The Kier molecular flexibility index (Phi) is 4.76. The lowest BCUT2D eigenvalue weighted by Crippen LogP contribution is -2.20. The van der Waals surface area contributed by atoms with Crippen LogP contribution in [0.15, 0.2) is 44.3 Å². The molecule has 0 aromatic carbocycles. The van der Waals surface area contributed by atoms with E-state index in [1.54, 1.807) is 23.0 Å². The molecule has 0 atom stereocenters. The van der Waals surface area contributed by atoms with E-state index in [2.05, 4.69) is 42.2 Å². The van der Waals surface area contributed by atoms with Crippen LogP contribution < -0.4 is 10.9 Å². The van der Waals surface area contributed by atoms with Crippen LogP contribution in [0.5, 0.6) is 0 Å². The Labute approximate surface area is 128 Å². The van der Waals surface area contributed by atoms with Crippen molar-refractivity contribution in [3.8, 4) is 0 Å². The lowest BCUT2D eigenvalue weighted by molar-refractivity contribution is 0.749. The van der Waals surface area contributed by atoms with Crippen LogP contribution in [0.25, 0.3) is 0 Å². The summed E-state index contributed by atoms with van der Waals surface area (Å²) in [6.45, 7) is 3.36. The third kappa shape index (κ3) is 3.67. The second kappa shape index (κ2) is 6.34. The van der Waals surface area contributed by atoms with Crippen molar-refractivity contribution in [2.45, 2.75) is 13.5 Å². The highest BCUT2D eigenvalue weighted by atomic mass is 79.9. The first-order chi connectivity index (χ1) is 9.10. The summed E-state index contributed by atoms with van der Waals surface area (Å²) in [6.07, 6.45) is 3.55. The number of aromatic nitrogens is 2. The predicted molar refractivity (Wildman–Crippen MR) is 83.6 cm³/mol. The lowest BCUT2D eigenvalue weighted by atomic mass is 10.2. The SMILES string of the molecule is CCNc1ccc(Cn2cc(Br)cc(Br)c2=O)cn1. The summed E-state index contributed by atoms with van der Waals surface area (Å²) in [5, 5.41) is 3.13. The van der Waals surface area contributed by atoms with Gasteiger partial charge in [-0.2, -0.15) is 0 Å². The molecule has 0 spiro atoms. The van der Waals surface area contributed by atoms with Gasteiger partial charge in [0, 0.05) is 23.4 Å². The van der Waals surface area contributed by atoms with Crippen LogP contribution in [-0.2, 0) is 6.54 Å². The fourth-order valence-electron chi connectivity index (χ4n) is 1.68. The van der Waals surface area contributed by atoms with Gasteiger partial charge in [0.05, 0.1) is 11.0 Å². The average Bonchev–Trinajstić information content (AvgIpc) is 2.38. The first-order valence-electron chi connectivity index (χ1n) is 5.84. The molecule has 0 unspecified atom stereocenters. The highest BCUT2D eigenvalue weighted by Gasteiger charge is 2.04. The molecule has 2 heterocycles. The van der Waals surface area contributed by atoms with Crippen LogP contribution in [0.3, 0.4) is 0 Å². The third-order valence-electron chi connectivity index (χ3n) is 2.54. The van der Waals surface area contributed by atoms with Crippen molar-refractivity contribution in [2.24, 2.45) is 0 Å². The lowest BCUT2D eigenvalue weighted by Gasteiger charge is -2.08. The van der Waals surface area contributed by atoms with Crippen LogP contribution in [0.1, 0.15) is 12.5 Å². The maximum Gasteiger partial charge on any atom is 0.265 e. The number of nitrogens with zero attached hydrogens (tertiary/aromatic N) is 2. The van der Waals surface area contributed by atoms with E-state index < -0.39 is 0 Å². The van der Waals surface area contributed by atoms with Crippen molar-refractivity contribution in [2.75, 3.05) is 11.9 Å². The van der Waals surface area contributed by atoms with Gasteiger partial charge in [-0.1, -0.05) is 6.07 Å². The molecule has 0 bridgehead atoms. The van der Waals surface area contributed by atoms with E-state index >= 15 is 0 Å². The van der Waals surface area contributed by atoms with Crippen molar-refractivity contribution in [1.82, 2.24) is 9.55 Å². The molecule has 0 aliphatic heterocycles. The van der Waals surface area contributed by atoms with Crippen molar-refractivity contribution < 1.29 is 0 Å². The fraction of sp³-hybridized carbons (Fsp3) is 0.231. The van der Waals surface area contributed by atoms with Crippen LogP contribution in [0, 0.1) is 0 Å². The minimum absolute atomic E-state index is 0.0565. The van der Waals surface area contributed by atoms with Gasteiger partial charge in [-0.3, -0.25) is 4.79 Å². The Morgan fingerprint density at radius 3 is 2.79 bits per heavy atom. The van der Waals surface area contributed by atoms with Gasteiger partial charge in [0.15, 0.2) is 0 Å². The molecule has 0 saturated carbocycles. The molecule has 6 heteroatoms. The summed E-state index contributed by atoms with van der Waals surface area (Å²) in [6, 6.07) is 5.62. The quantitative estimate of drug-likeness (QED) is 0.877. The minimum Gasteiger partial charge on any atom is -0.370 e. The monoisotopic (exact) mass is 385 g/mol. The van der Waals surface area contributed by atoms with Gasteiger partial charge in [0.2, 0.25) is 0 Å². The van der Waals surface area contributed by atoms with Gasteiger partial charge in [-0.05, 0) is 56.5 Å². The molecule has 4 nitrogen and oxygen atoms in total. The van der Waals surface area contributed by atoms with Gasteiger partial charge >= 0.3 is 0 Å². The Hall–Kier alpha value is -1.14. The Morgan fingerprint density at radius 2 is 2.16 bits per heavy atom. The molecule has 1 N–H and O–H groups in total. The number of hydrogen-bond acceptors (Lipinski definition) is 3. The average molecular weight is 387 g/mol. The van der Waals surface area contributed by atoms with E-state index in [0.717, 1.165) is 22.4 Å². The first kappa shape index (κ1) is 14.3. The zero-order chi connectivity index (χ0) is 13.8. The van der Waals surface area contributed by atoms with E-state index in [4.69, 9.17) is 0 Å². The first-order valence-corrected chi connectivity index (χ1v) is 7.43. The summed E-state index contributed by atoms with van der Waals surface area (Å²) in [4.78, 5) is 16.2. The molecular formula is C13H13Br2N3O. The zero-order valence-electron chi connectivity index (χ0n) is 10.4. The number of halogens is 2. The second-order valence-electron chi connectivity index (χ2n) is 4.02. The van der Waals surface area contributed by atoms with Crippen LogP contribution in [0.2, 0.25) is 0 Å². The molecule has 0 fully saturated rings.